The molecule has 1 aliphatic rings. The van der Waals surface area contributed by atoms with E-state index in [2.05, 4.69) is 5.32 Å². The van der Waals surface area contributed by atoms with Crippen LogP contribution in [0.15, 0.2) is 24.3 Å². The highest BCUT2D eigenvalue weighted by Gasteiger charge is 2.43. The molecule has 0 spiro atoms. The number of urea groups is 1. The Morgan fingerprint density at radius 2 is 2.04 bits per heavy atom. The van der Waals surface area contributed by atoms with Gasteiger partial charge in [0.1, 0.15) is 5.82 Å². The van der Waals surface area contributed by atoms with E-state index in [0.717, 1.165) is 0 Å². The topological polar surface area (TPSA) is 69.6 Å². The molecule has 0 saturated carbocycles. The van der Waals surface area contributed by atoms with Crippen molar-refractivity contribution in [3.8, 4) is 0 Å². The zero-order valence-corrected chi connectivity index (χ0v) is 14.6. The Labute approximate surface area is 141 Å². The summed E-state index contributed by atoms with van der Waals surface area (Å²) in [7, 11) is 0. The lowest BCUT2D eigenvalue weighted by atomic mass is 9.82. The summed E-state index contributed by atoms with van der Waals surface area (Å²) in [5.74, 6) is -1.24. The van der Waals surface area contributed by atoms with Crippen LogP contribution in [0.1, 0.15) is 45.7 Å². The average molecular weight is 336 g/mol. The molecule has 1 fully saturated rings. The van der Waals surface area contributed by atoms with Crippen molar-refractivity contribution in [2.75, 3.05) is 13.1 Å². The number of likely N-dealkylation sites (tertiary alicyclic amines) is 1. The SMILES string of the molecule is CC1(C(=O)O)CCN(C(=O)NC(c2cccc(F)c2)C(C)(C)C)C1. The minimum Gasteiger partial charge on any atom is -0.481 e. The van der Waals surface area contributed by atoms with E-state index in [4.69, 9.17) is 0 Å². The van der Waals surface area contributed by atoms with Crippen LogP contribution >= 0.6 is 0 Å². The Balaban J connectivity index is 2.16. The molecule has 5 nitrogen and oxygen atoms in total. The largest absolute Gasteiger partial charge is 0.481 e. The smallest absolute Gasteiger partial charge is 0.317 e. The Kier molecular flexibility index (Phi) is 4.87. The van der Waals surface area contributed by atoms with Gasteiger partial charge >= 0.3 is 12.0 Å². The Bertz CT molecular complexity index is 641. The summed E-state index contributed by atoms with van der Waals surface area (Å²) in [6.45, 7) is 8.12. The number of carbonyl (C=O) groups is 2. The summed E-state index contributed by atoms with van der Waals surface area (Å²) in [4.78, 5) is 25.5. The maximum absolute atomic E-state index is 13.6. The first-order valence-corrected chi connectivity index (χ1v) is 8.07. The minimum absolute atomic E-state index is 0.175. The van der Waals surface area contributed by atoms with Gasteiger partial charge in [0.2, 0.25) is 0 Å². The standard InChI is InChI=1S/C18H25FN2O3/c1-17(2,3)14(12-6-5-7-13(19)10-12)20-16(24)21-9-8-18(4,11-21)15(22)23/h5-7,10,14H,8-9,11H2,1-4H3,(H,20,24)(H,22,23). The van der Waals surface area contributed by atoms with Gasteiger partial charge in [0, 0.05) is 13.1 Å². The van der Waals surface area contributed by atoms with Gasteiger partial charge < -0.3 is 15.3 Å². The van der Waals surface area contributed by atoms with Crippen molar-refractivity contribution in [3.05, 3.63) is 35.6 Å². The molecule has 1 aromatic carbocycles. The fraction of sp³-hybridized carbons (Fsp3) is 0.556. The van der Waals surface area contributed by atoms with Crippen molar-refractivity contribution in [3.63, 3.8) is 0 Å². The molecule has 0 radical (unpaired) electrons. The molecule has 0 aliphatic carbocycles. The molecule has 0 bridgehead atoms. The number of benzene rings is 1. The van der Waals surface area contributed by atoms with Gasteiger partial charge in [0.25, 0.3) is 0 Å². The Morgan fingerprint density at radius 1 is 1.38 bits per heavy atom. The predicted octanol–water partition coefficient (Wildman–Crippen LogP) is 3.42. The van der Waals surface area contributed by atoms with Crippen LogP contribution in [0.25, 0.3) is 0 Å². The van der Waals surface area contributed by atoms with Crippen molar-refractivity contribution in [2.24, 2.45) is 10.8 Å². The van der Waals surface area contributed by atoms with Crippen LogP contribution in [-0.2, 0) is 4.79 Å². The van der Waals surface area contributed by atoms with E-state index in [9.17, 15) is 19.1 Å². The fourth-order valence-electron chi connectivity index (χ4n) is 3.01. The number of aliphatic carboxylic acids is 1. The summed E-state index contributed by atoms with van der Waals surface area (Å²) in [5, 5.41) is 12.2. The van der Waals surface area contributed by atoms with Crippen LogP contribution < -0.4 is 5.32 Å². The van der Waals surface area contributed by atoms with Crippen LogP contribution in [-0.4, -0.2) is 35.1 Å². The zero-order valence-electron chi connectivity index (χ0n) is 14.6. The maximum Gasteiger partial charge on any atom is 0.317 e. The number of rotatable bonds is 3. The van der Waals surface area contributed by atoms with Crippen LogP contribution in [0.5, 0.6) is 0 Å². The van der Waals surface area contributed by atoms with E-state index in [1.807, 2.05) is 20.8 Å². The van der Waals surface area contributed by atoms with E-state index in [1.54, 1.807) is 19.1 Å². The van der Waals surface area contributed by atoms with E-state index < -0.39 is 11.4 Å². The summed E-state index contributed by atoms with van der Waals surface area (Å²) >= 11 is 0. The molecule has 2 N–H and O–H groups in total. The van der Waals surface area contributed by atoms with Crippen molar-refractivity contribution in [2.45, 2.75) is 40.2 Å². The van der Waals surface area contributed by atoms with Crippen molar-refractivity contribution in [1.82, 2.24) is 10.2 Å². The normalized spacial score (nSPS) is 22.3. The second-order valence-corrected chi connectivity index (χ2v) is 7.84. The number of nitrogens with one attached hydrogen (secondary N) is 1. The lowest BCUT2D eigenvalue weighted by molar-refractivity contribution is -0.147. The molecule has 1 saturated heterocycles. The van der Waals surface area contributed by atoms with Gasteiger partial charge in [-0.2, -0.15) is 0 Å². The minimum atomic E-state index is -0.909. The third-order valence-electron chi connectivity index (χ3n) is 4.59. The number of amides is 2. The highest BCUT2D eigenvalue weighted by Crippen LogP contribution is 2.34. The number of nitrogens with zero attached hydrogens (tertiary/aromatic N) is 1. The van der Waals surface area contributed by atoms with Gasteiger partial charge in [-0.05, 0) is 36.5 Å². The number of carboxylic acids is 1. The van der Waals surface area contributed by atoms with Crippen molar-refractivity contribution < 1.29 is 19.1 Å². The predicted molar refractivity (Wildman–Crippen MR) is 89.1 cm³/mol. The quantitative estimate of drug-likeness (QED) is 0.888. The molecule has 1 aromatic rings. The zero-order chi connectivity index (χ0) is 18.1. The molecule has 6 heteroatoms. The number of carbonyl (C=O) groups excluding carboxylic acids is 1. The lowest BCUT2D eigenvalue weighted by Gasteiger charge is -2.33. The molecule has 1 heterocycles. The first-order chi connectivity index (χ1) is 11.0. The van der Waals surface area contributed by atoms with Gasteiger partial charge in [0.05, 0.1) is 11.5 Å². The summed E-state index contributed by atoms with van der Waals surface area (Å²) in [6, 6.07) is 5.49. The Morgan fingerprint density at radius 3 is 2.54 bits per heavy atom. The monoisotopic (exact) mass is 336 g/mol. The molecule has 2 rings (SSSR count). The number of hydrogen-bond acceptors (Lipinski definition) is 2. The van der Waals surface area contributed by atoms with E-state index in [-0.39, 0.29) is 29.8 Å². The molecular weight excluding hydrogens is 311 g/mol. The highest BCUT2D eigenvalue weighted by atomic mass is 19.1. The van der Waals surface area contributed by atoms with E-state index >= 15 is 0 Å². The van der Waals surface area contributed by atoms with Crippen molar-refractivity contribution in [1.29, 1.82) is 0 Å². The summed E-state index contributed by atoms with van der Waals surface area (Å²) in [6.07, 6.45) is 0.426. The summed E-state index contributed by atoms with van der Waals surface area (Å²) < 4.78 is 13.6. The first-order valence-electron chi connectivity index (χ1n) is 8.07. The Hall–Kier alpha value is -2.11. The molecule has 2 atom stereocenters. The van der Waals surface area contributed by atoms with E-state index in [1.165, 1.54) is 17.0 Å². The number of carboxylic acid groups (broad SMARTS) is 1. The third-order valence-corrected chi connectivity index (χ3v) is 4.59. The second-order valence-electron chi connectivity index (χ2n) is 7.84. The van der Waals surface area contributed by atoms with Gasteiger partial charge in [-0.25, -0.2) is 9.18 Å². The van der Waals surface area contributed by atoms with Gasteiger partial charge in [-0.3, -0.25) is 4.79 Å². The molecule has 2 amide bonds. The van der Waals surface area contributed by atoms with Crippen LogP contribution in [0.3, 0.4) is 0 Å². The highest BCUT2D eigenvalue weighted by molar-refractivity contribution is 5.79. The van der Waals surface area contributed by atoms with Gasteiger partial charge in [-0.1, -0.05) is 32.9 Å². The summed E-state index contributed by atoms with van der Waals surface area (Å²) in [5.41, 5.74) is -0.539. The van der Waals surface area contributed by atoms with Crippen LogP contribution in [0.2, 0.25) is 0 Å². The lowest BCUT2D eigenvalue weighted by Crippen LogP contribution is -2.45. The molecule has 0 aromatic heterocycles. The van der Waals surface area contributed by atoms with Gasteiger partial charge in [0.15, 0.2) is 0 Å². The van der Waals surface area contributed by atoms with E-state index in [0.29, 0.717) is 18.5 Å². The first kappa shape index (κ1) is 18.2. The molecule has 1 aliphatic heterocycles. The second kappa shape index (κ2) is 6.42. The fourth-order valence-corrected chi connectivity index (χ4v) is 3.01. The third kappa shape index (κ3) is 3.86. The molecule has 132 valence electrons. The van der Waals surface area contributed by atoms with Crippen LogP contribution in [0, 0.1) is 16.6 Å². The molecule has 24 heavy (non-hydrogen) atoms. The van der Waals surface area contributed by atoms with Gasteiger partial charge in [-0.15, -0.1) is 0 Å². The number of halogens is 1. The molecule has 2 unspecified atom stereocenters. The van der Waals surface area contributed by atoms with Crippen molar-refractivity contribution >= 4 is 12.0 Å². The van der Waals surface area contributed by atoms with Crippen LogP contribution in [0.4, 0.5) is 9.18 Å². The molecular formula is C18H25FN2O3. The number of hydrogen-bond donors (Lipinski definition) is 2. The maximum atomic E-state index is 13.6. The average Bonchev–Trinajstić information content (AvgIpc) is 2.87.